The van der Waals surface area contributed by atoms with Crippen LogP contribution in [-0.4, -0.2) is 23.7 Å². The van der Waals surface area contributed by atoms with E-state index in [9.17, 15) is 24.3 Å². The SMILES string of the molecule is O=C(Nc1ccccc1C(=O)[O-])c1ccc(N2C(=O)[C@H]3CC=CC[C@@H]3C2=O)cc1. The number of anilines is 2. The lowest BCUT2D eigenvalue weighted by atomic mass is 9.85. The zero-order valence-electron chi connectivity index (χ0n) is 15.3. The van der Waals surface area contributed by atoms with Crippen molar-refractivity contribution in [2.24, 2.45) is 11.8 Å². The first-order chi connectivity index (χ1) is 14.0. The largest absolute Gasteiger partial charge is 0.545 e. The van der Waals surface area contributed by atoms with E-state index in [1.165, 1.54) is 35.2 Å². The van der Waals surface area contributed by atoms with Crippen LogP contribution in [0.4, 0.5) is 11.4 Å². The van der Waals surface area contributed by atoms with E-state index in [1.807, 2.05) is 12.2 Å². The van der Waals surface area contributed by atoms with Gasteiger partial charge in [0.25, 0.3) is 5.91 Å². The van der Waals surface area contributed by atoms with Crippen molar-refractivity contribution in [1.29, 1.82) is 0 Å². The molecular weight excluding hydrogens is 372 g/mol. The van der Waals surface area contributed by atoms with Crippen LogP contribution in [0.1, 0.15) is 33.6 Å². The fraction of sp³-hybridized carbons (Fsp3) is 0.182. The van der Waals surface area contributed by atoms with Crippen LogP contribution in [0.15, 0.2) is 60.7 Å². The minimum Gasteiger partial charge on any atom is -0.545 e. The third kappa shape index (κ3) is 3.31. The third-order valence-electron chi connectivity index (χ3n) is 5.29. The van der Waals surface area contributed by atoms with Gasteiger partial charge in [-0.2, -0.15) is 0 Å². The number of allylic oxidation sites excluding steroid dienone is 2. The highest BCUT2D eigenvalue weighted by Crippen LogP contribution is 2.37. The molecule has 0 radical (unpaired) electrons. The third-order valence-corrected chi connectivity index (χ3v) is 5.29. The molecule has 2 aromatic carbocycles. The molecule has 0 spiro atoms. The van der Waals surface area contributed by atoms with Gasteiger partial charge in [0.15, 0.2) is 0 Å². The summed E-state index contributed by atoms with van der Waals surface area (Å²) in [5, 5.41) is 13.7. The Hall–Kier alpha value is -3.74. The second-order valence-corrected chi connectivity index (χ2v) is 7.00. The summed E-state index contributed by atoms with van der Waals surface area (Å²) in [6.07, 6.45) is 4.97. The summed E-state index contributed by atoms with van der Waals surface area (Å²) < 4.78 is 0. The van der Waals surface area contributed by atoms with E-state index < -0.39 is 11.9 Å². The Morgan fingerprint density at radius 3 is 2.07 bits per heavy atom. The van der Waals surface area contributed by atoms with E-state index in [4.69, 9.17) is 0 Å². The van der Waals surface area contributed by atoms with E-state index in [0.29, 0.717) is 18.5 Å². The van der Waals surface area contributed by atoms with Gasteiger partial charge in [-0.05, 0) is 43.2 Å². The first-order valence-corrected chi connectivity index (χ1v) is 9.22. The maximum atomic E-state index is 12.6. The normalized spacial score (nSPS) is 20.5. The molecule has 0 aromatic heterocycles. The van der Waals surface area contributed by atoms with Gasteiger partial charge < -0.3 is 15.2 Å². The number of carboxylic acids is 1. The molecule has 1 heterocycles. The number of rotatable bonds is 4. The zero-order valence-corrected chi connectivity index (χ0v) is 15.3. The second kappa shape index (κ2) is 7.35. The van der Waals surface area contributed by atoms with E-state index in [1.54, 1.807) is 18.2 Å². The van der Waals surface area contributed by atoms with Gasteiger partial charge in [0.05, 0.1) is 29.2 Å². The summed E-state index contributed by atoms with van der Waals surface area (Å²) in [7, 11) is 0. The van der Waals surface area contributed by atoms with Crippen LogP contribution < -0.4 is 15.3 Å². The van der Waals surface area contributed by atoms with E-state index in [2.05, 4.69) is 5.32 Å². The average Bonchev–Trinajstić information content (AvgIpc) is 2.99. The Labute approximate surface area is 166 Å². The first-order valence-electron chi connectivity index (χ1n) is 9.22. The summed E-state index contributed by atoms with van der Waals surface area (Å²) in [5.74, 6) is -2.98. The molecule has 4 rings (SSSR count). The van der Waals surface area contributed by atoms with Crippen LogP contribution in [0.5, 0.6) is 0 Å². The minimum absolute atomic E-state index is 0.123. The Morgan fingerprint density at radius 1 is 0.897 bits per heavy atom. The molecule has 1 aliphatic carbocycles. The van der Waals surface area contributed by atoms with Gasteiger partial charge in [0, 0.05) is 11.1 Å². The molecule has 0 bridgehead atoms. The molecule has 3 amide bonds. The van der Waals surface area contributed by atoms with Crippen LogP contribution in [-0.2, 0) is 9.59 Å². The molecule has 2 atom stereocenters. The number of carbonyl (C=O) groups is 4. The van der Waals surface area contributed by atoms with Crippen molar-refractivity contribution in [1.82, 2.24) is 0 Å². The van der Waals surface area contributed by atoms with Crippen LogP contribution in [0.25, 0.3) is 0 Å². The molecule has 0 saturated carbocycles. The predicted molar refractivity (Wildman–Crippen MR) is 103 cm³/mol. The number of imide groups is 1. The molecule has 7 heteroatoms. The van der Waals surface area contributed by atoms with E-state index in [0.717, 1.165) is 0 Å². The summed E-state index contributed by atoms with van der Waals surface area (Å²) in [6, 6.07) is 12.0. The van der Waals surface area contributed by atoms with Gasteiger partial charge in [0.1, 0.15) is 0 Å². The lowest BCUT2D eigenvalue weighted by Gasteiger charge is -2.15. The quantitative estimate of drug-likeness (QED) is 0.633. The number of nitrogens with zero attached hydrogens (tertiary/aromatic N) is 1. The molecule has 0 unspecified atom stereocenters. The number of nitrogens with one attached hydrogen (secondary N) is 1. The van der Waals surface area contributed by atoms with Crippen LogP contribution in [0.3, 0.4) is 0 Å². The first kappa shape index (κ1) is 18.6. The van der Waals surface area contributed by atoms with Crippen LogP contribution in [0.2, 0.25) is 0 Å². The van der Waals surface area contributed by atoms with Gasteiger partial charge in [-0.25, -0.2) is 0 Å². The van der Waals surface area contributed by atoms with Gasteiger partial charge in [-0.1, -0.05) is 30.4 Å². The number of hydrogen-bond donors (Lipinski definition) is 1. The number of benzene rings is 2. The number of aromatic carboxylic acids is 1. The summed E-state index contributed by atoms with van der Waals surface area (Å²) >= 11 is 0. The van der Waals surface area contributed by atoms with Gasteiger partial charge in [-0.15, -0.1) is 0 Å². The Kier molecular flexibility index (Phi) is 4.72. The summed E-state index contributed by atoms with van der Waals surface area (Å²) in [6.45, 7) is 0. The van der Waals surface area contributed by atoms with Crippen molar-refractivity contribution in [3.05, 3.63) is 71.8 Å². The van der Waals surface area contributed by atoms with Crippen LogP contribution >= 0.6 is 0 Å². The van der Waals surface area contributed by atoms with E-state index in [-0.39, 0.29) is 40.5 Å². The number of fused-ring (bicyclic) bond motifs is 1. The van der Waals surface area contributed by atoms with Gasteiger partial charge >= 0.3 is 0 Å². The van der Waals surface area contributed by atoms with Crippen molar-refractivity contribution in [3.63, 3.8) is 0 Å². The standard InChI is InChI=1S/C22H18N2O5/c25-19(23-18-8-4-3-7-17(18)22(28)29)13-9-11-14(12-10-13)24-20(26)15-5-1-2-6-16(15)21(24)27/h1-4,7-12,15-16H,5-6H2,(H,23,25)(H,28,29)/p-1/t15-,16-/m0/s1. The zero-order chi connectivity index (χ0) is 20.5. The van der Waals surface area contributed by atoms with Crippen molar-refractivity contribution < 1.29 is 24.3 Å². The highest BCUT2D eigenvalue weighted by atomic mass is 16.4. The molecule has 1 N–H and O–H groups in total. The minimum atomic E-state index is -1.39. The average molecular weight is 389 g/mol. The fourth-order valence-corrected chi connectivity index (χ4v) is 3.78. The number of carbonyl (C=O) groups excluding carboxylic acids is 4. The van der Waals surface area contributed by atoms with Crippen molar-refractivity contribution in [2.75, 3.05) is 10.2 Å². The maximum absolute atomic E-state index is 12.6. The lowest BCUT2D eigenvalue weighted by molar-refractivity contribution is -0.254. The number of carboxylic acid groups (broad SMARTS) is 1. The number of amides is 3. The number of hydrogen-bond acceptors (Lipinski definition) is 5. The summed E-state index contributed by atoms with van der Waals surface area (Å²) in [4.78, 5) is 50.1. The van der Waals surface area contributed by atoms with Gasteiger partial charge in [-0.3, -0.25) is 19.3 Å². The monoisotopic (exact) mass is 389 g/mol. The molecule has 2 aromatic rings. The molecule has 1 aliphatic heterocycles. The Morgan fingerprint density at radius 2 is 1.48 bits per heavy atom. The Bertz CT molecular complexity index is 1020. The van der Waals surface area contributed by atoms with Crippen LogP contribution in [0, 0.1) is 11.8 Å². The molecule has 1 fully saturated rings. The number of para-hydroxylation sites is 1. The summed E-state index contributed by atoms with van der Waals surface area (Å²) in [5.41, 5.74) is 0.686. The maximum Gasteiger partial charge on any atom is 0.255 e. The van der Waals surface area contributed by atoms with E-state index >= 15 is 0 Å². The molecular formula is C22H17N2O5-. The fourth-order valence-electron chi connectivity index (χ4n) is 3.78. The molecule has 2 aliphatic rings. The van der Waals surface area contributed by atoms with Gasteiger partial charge in [0.2, 0.25) is 11.8 Å². The molecule has 7 nitrogen and oxygen atoms in total. The smallest absolute Gasteiger partial charge is 0.255 e. The van der Waals surface area contributed by atoms with Crippen molar-refractivity contribution >= 4 is 35.1 Å². The highest BCUT2D eigenvalue weighted by Gasteiger charge is 2.47. The highest BCUT2D eigenvalue weighted by molar-refractivity contribution is 6.22. The Balaban J connectivity index is 1.53. The predicted octanol–water partition coefficient (Wildman–Crippen LogP) is 1.76. The lowest BCUT2D eigenvalue weighted by Crippen LogP contribution is -2.30. The van der Waals surface area contributed by atoms with Crippen molar-refractivity contribution in [2.45, 2.75) is 12.8 Å². The molecule has 1 saturated heterocycles. The molecule has 29 heavy (non-hydrogen) atoms. The van der Waals surface area contributed by atoms with Crippen molar-refractivity contribution in [3.8, 4) is 0 Å². The second-order valence-electron chi connectivity index (χ2n) is 7.00. The topological polar surface area (TPSA) is 107 Å². The molecule has 146 valence electrons.